The molecule has 2 aromatic carbocycles. The fraction of sp³-hybridized carbons (Fsp3) is 0.250. The summed E-state index contributed by atoms with van der Waals surface area (Å²) in [6.07, 6.45) is 4.38. The minimum absolute atomic E-state index is 0.123. The Bertz CT molecular complexity index is 1390. The molecule has 0 radical (unpaired) electrons. The number of hydrogen-bond acceptors (Lipinski definition) is 6. The molecule has 170 valence electrons. The molecule has 0 atom stereocenters. The molecule has 0 aliphatic heterocycles. The largest absolute Gasteiger partial charge is 0.487 e. The number of thiophene rings is 1. The SMILES string of the molecule is CCOC(=O)c1c(COc2ccc(C#N)cc2)nc2sc3c(c2c1-c1ccccc1)CCCC3. The first-order valence-corrected chi connectivity index (χ1v) is 12.3. The topological polar surface area (TPSA) is 72.2 Å². The van der Waals surface area contributed by atoms with Crippen LogP contribution in [0.25, 0.3) is 21.3 Å². The van der Waals surface area contributed by atoms with Gasteiger partial charge in [0, 0.05) is 15.8 Å². The molecule has 5 rings (SSSR count). The number of nitrogens with zero attached hydrogens (tertiary/aromatic N) is 2. The molecule has 0 fully saturated rings. The van der Waals surface area contributed by atoms with Crippen LogP contribution >= 0.6 is 11.3 Å². The Hall–Kier alpha value is -3.69. The Balaban J connectivity index is 1.70. The van der Waals surface area contributed by atoms with Crippen LogP contribution in [0.5, 0.6) is 5.75 Å². The average Bonchev–Trinajstić information content (AvgIpc) is 3.25. The van der Waals surface area contributed by atoms with E-state index < -0.39 is 0 Å². The molecule has 1 aliphatic carbocycles. The second-order valence-corrected chi connectivity index (χ2v) is 9.29. The summed E-state index contributed by atoms with van der Waals surface area (Å²) in [6.45, 7) is 2.21. The number of aryl methyl sites for hydroxylation is 2. The van der Waals surface area contributed by atoms with E-state index in [1.807, 2.05) is 37.3 Å². The summed E-state index contributed by atoms with van der Waals surface area (Å²) in [5, 5.41) is 10.1. The van der Waals surface area contributed by atoms with Gasteiger partial charge in [0.1, 0.15) is 17.2 Å². The quantitative estimate of drug-likeness (QED) is 0.303. The number of ether oxygens (including phenoxy) is 2. The number of hydrogen-bond donors (Lipinski definition) is 0. The Kier molecular flexibility index (Phi) is 6.29. The lowest BCUT2D eigenvalue weighted by Crippen LogP contribution is -2.14. The van der Waals surface area contributed by atoms with Crippen molar-refractivity contribution >= 4 is 27.5 Å². The molecule has 2 heterocycles. The highest BCUT2D eigenvalue weighted by Gasteiger charge is 2.28. The molecule has 0 unspecified atom stereocenters. The second-order valence-electron chi connectivity index (χ2n) is 8.21. The van der Waals surface area contributed by atoms with Gasteiger partial charge in [-0.2, -0.15) is 5.26 Å². The van der Waals surface area contributed by atoms with Gasteiger partial charge in [-0.15, -0.1) is 11.3 Å². The van der Waals surface area contributed by atoms with E-state index in [0.717, 1.165) is 40.6 Å². The number of nitriles is 1. The monoisotopic (exact) mass is 468 g/mol. The first kappa shape index (κ1) is 22.1. The van der Waals surface area contributed by atoms with Crippen LogP contribution in [-0.2, 0) is 24.2 Å². The fourth-order valence-corrected chi connectivity index (χ4v) is 5.82. The van der Waals surface area contributed by atoms with Crippen LogP contribution in [0.2, 0.25) is 0 Å². The van der Waals surface area contributed by atoms with Crippen LogP contribution < -0.4 is 4.74 Å². The van der Waals surface area contributed by atoms with E-state index in [1.165, 1.54) is 16.9 Å². The van der Waals surface area contributed by atoms with E-state index >= 15 is 0 Å². The standard InChI is InChI=1S/C28H24N2O3S/c1-2-32-28(31)26-22(17-33-20-14-12-18(16-29)13-15-20)30-27-25(21-10-6-7-11-23(21)34-27)24(26)19-8-4-3-5-9-19/h3-5,8-9,12-15H,2,6-7,10-11,17H2,1H3. The summed E-state index contributed by atoms with van der Waals surface area (Å²) >= 11 is 1.73. The highest BCUT2D eigenvalue weighted by molar-refractivity contribution is 7.19. The molecule has 0 N–H and O–H groups in total. The van der Waals surface area contributed by atoms with Crippen LogP contribution in [-0.4, -0.2) is 17.6 Å². The van der Waals surface area contributed by atoms with Crippen molar-refractivity contribution in [3.05, 3.63) is 81.9 Å². The predicted octanol–water partition coefficient (Wildman–Crippen LogP) is 6.47. The van der Waals surface area contributed by atoms with Crippen molar-refractivity contribution in [2.24, 2.45) is 0 Å². The Morgan fingerprint density at radius 3 is 2.59 bits per heavy atom. The maximum absolute atomic E-state index is 13.3. The van der Waals surface area contributed by atoms with E-state index in [4.69, 9.17) is 19.7 Å². The zero-order valence-corrected chi connectivity index (χ0v) is 19.8. The third-order valence-electron chi connectivity index (χ3n) is 6.08. The van der Waals surface area contributed by atoms with Gasteiger partial charge >= 0.3 is 5.97 Å². The molecule has 0 bridgehead atoms. The van der Waals surface area contributed by atoms with Gasteiger partial charge in [-0.05, 0) is 68.0 Å². The summed E-state index contributed by atoms with van der Waals surface area (Å²) in [7, 11) is 0. The van der Waals surface area contributed by atoms with Crippen molar-refractivity contribution in [3.8, 4) is 22.9 Å². The average molecular weight is 469 g/mol. The minimum atomic E-state index is -0.384. The van der Waals surface area contributed by atoms with Crippen LogP contribution in [0, 0.1) is 11.3 Å². The number of benzene rings is 2. The molecule has 34 heavy (non-hydrogen) atoms. The van der Waals surface area contributed by atoms with E-state index in [0.29, 0.717) is 22.6 Å². The molecule has 0 saturated heterocycles. The van der Waals surface area contributed by atoms with E-state index in [9.17, 15) is 4.79 Å². The zero-order valence-electron chi connectivity index (χ0n) is 19.0. The number of fused-ring (bicyclic) bond motifs is 3. The lowest BCUT2D eigenvalue weighted by molar-refractivity contribution is 0.0523. The third-order valence-corrected chi connectivity index (χ3v) is 7.26. The maximum Gasteiger partial charge on any atom is 0.340 e. The zero-order chi connectivity index (χ0) is 23.5. The molecular formula is C28H24N2O3S. The van der Waals surface area contributed by atoms with Crippen molar-refractivity contribution in [2.75, 3.05) is 6.61 Å². The molecule has 2 aromatic heterocycles. The molecule has 5 nitrogen and oxygen atoms in total. The van der Waals surface area contributed by atoms with Crippen LogP contribution in [0.15, 0.2) is 54.6 Å². The second kappa shape index (κ2) is 9.66. The molecule has 6 heteroatoms. The summed E-state index contributed by atoms with van der Waals surface area (Å²) in [6, 6.07) is 19.1. The van der Waals surface area contributed by atoms with Crippen LogP contribution in [0.1, 0.15) is 51.8 Å². The molecule has 1 aliphatic rings. The number of carbonyl (C=O) groups is 1. The van der Waals surface area contributed by atoms with Gasteiger partial charge in [0.15, 0.2) is 0 Å². The van der Waals surface area contributed by atoms with Gasteiger partial charge in [-0.1, -0.05) is 30.3 Å². The van der Waals surface area contributed by atoms with Gasteiger partial charge in [0.25, 0.3) is 0 Å². The Morgan fingerprint density at radius 2 is 1.85 bits per heavy atom. The Morgan fingerprint density at radius 1 is 1.09 bits per heavy atom. The molecule has 0 amide bonds. The number of rotatable bonds is 6. The van der Waals surface area contributed by atoms with Crippen molar-refractivity contribution < 1.29 is 14.3 Å². The van der Waals surface area contributed by atoms with Gasteiger partial charge < -0.3 is 9.47 Å². The van der Waals surface area contributed by atoms with Crippen molar-refractivity contribution in [2.45, 2.75) is 39.2 Å². The number of esters is 1. The summed E-state index contributed by atoms with van der Waals surface area (Å²) in [4.78, 5) is 20.6. The Labute approximate surface area is 202 Å². The number of aromatic nitrogens is 1. The highest BCUT2D eigenvalue weighted by atomic mass is 32.1. The third kappa shape index (κ3) is 4.15. The van der Waals surface area contributed by atoms with E-state index in [1.54, 1.807) is 35.6 Å². The lowest BCUT2D eigenvalue weighted by atomic mass is 9.89. The number of pyridine rings is 1. The molecule has 0 saturated carbocycles. The van der Waals surface area contributed by atoms with Crippen molar-refractivity contribution in [3.63, 3.8) is 0 Å². The first-order valence-electron chi connectivity index (χ1n) is 11.5. The van der Waals surface area contributed by atoms with E-state index in [2.05, 4.69) is 6.07 Å². The van der Waals surface area contributed by atoms with Crippen molar-refractivity contribution in [1.82, 2.24) is 4.98 Å². The van der Waals surface area contributed by atoms with Gasteiger partial charge in [-0.3, -0.25) is 0 Å². The molecule has 0 spiro atoms. The van der Waals surface area contributed by atoms with Gasteiger partial charge in [-0.25, -0.2) is 9.78 Å². The first-order chi connectivity index (χ1) is 16.7. The molecular weight excluding hydrogens is 444 g/mol. The van der Waals surface area contributed by atoms with Crippen molar-refractivity contribution in [1.29, 1.82) is 5.26 Å². The fourth-order valence-electron chi connectivity index (χ4n) is 4.53. The van der Waals surface area contributed by atoms with Gasteiger partial charge in [0.05, 0.1) is 29.5 Å². The normalized spacial score (nSPS) is 12.7. The van der Waals surface area contributed by atoms with Gasteiger partial charge in [0.2, 0.25) is 0 Å². The predicted molar refractivity (Wildman–Crippen MR) is 133 cm³/mol. The highest BCUT2D eigenvalue weighted by Crippen LogP contribution is 2.43. The summed E-state index contributed by atoms with van der Waals surface area (Å²) in [5.41, 5.74) is 4.79. The maximum atomic E-state index is 13.3. The lowest BCUT2D eigenvalue weighted by Gasteiger charge is -2.17. The van der Waals surface area contributed by atoms with Crippen LogP contribution in [0.3, 0.4) is 0 Å². The summed E-state index contributed by atoms with van der Waals surface area (Å²) in [5.74, 6) is 0.229. The molecule has 4 aromatic rings. The minimum Gasteiger partial charge on any atom is -0.487 e. The van der Waals surface area contributed by atoms with E-state index in [-0.39, 0.29) is 19.2 Å². The summed E-state index contributed by atoms with van der Waals surface area (Å²) < 4.78 is 11.5. The van der Waals surface area contributed by atoms with Crippen LogP contribution in [0.4, 0.5) is 0 Å². The number of carbonyl (C=O) groups excluding carboxylic acids is 1. The smallest absolute Gasteiger partial charge is 0.340 e.